The van der Waals surface area contributed by atoms with Gasteiger partial charge in [-0.2, -0.15) is 0 Å². The second-order valence-corrected chi connectivity index (χ2v) is 8.97. The van der Waals surface area contributed by atoms with Gasteiger partial charge in [0.25, 0.3) is 0 Å². The number of hydrogen-bond donors (Lipinski definition) is 0. The molecule has 1 heteroatoms. The van der Waals surface area contributed by atoms with Gasteiger partial charge in [-0.25, -0.2) is 4.57 Å². The predicted octanol–water partition coefficient (Wildman–Crippen LogP) is 5.59. The van der Waals surface area contributed by atoms with Crippen molar-refractivity contribution in [3.05, 3.63) is 66.0 Å². The van der Waals surface area contributed by atoms with E-state index in [0.717, 1.165) is 6.54 Å². The second kappa shape index (κ2) is 6.86. The molecule has 124 valence electrons. The lowest BCUT2D eigenvalue weighted by Gasteiger charge is -2.36. The maximum atomic E-state index is 2.36. The average Bonchev–Trinajstić information content (AvgIpc) is 2.45. The Bertz CT molecular complexity index is 597. The molecule has 1 atom stereocenters. The Morgan fingerprint density at radius 3 is 1.87 bits per heavy atom. The van der Waals surface area contributed by atoms with Crippen LogP contribution in [0.25, 0.3) is 0 Å². The Morgan fingerprint density at radius 2 is 1.39 bits per heavy atom. The lowest BCUT2D eigenvalue weighted by molar-refractivity contribution is -0.688. The SMILES string of the molecule is CC(C)(C)CC(c1ccc(C[n+]2ccccc2)cc1)C(C)(C)C. The molecule has 0 aliphatic carbocycles. The fourth-order valence-electron chi connectivity index (χ4n) is 3.14. The van der Waals surface area contributed by atoms with Crippen LogP contribution in [0.3, 0.4) is 0 Å². The molecule has 0 saturated carbocycles. The van der Waals surface area contributed by atoms with Crippen molar-refractivity contribution in [3.8, 4) is 0 Å². The van der Waals surface area contributed by atoms with Gasteiger partial charge in [-0.1, -0.05) is 71.9 Å². The van der Waals surface area contributed by atoms with Crippen LogP contribution in [0.4, 0.5) is 0 Å². The summed E-state index contributed by atoms with van der Waals surface area (Å²) in [6.45, 7) is 15.0. The summed E-state index contributed by atoms with van der Waals surface area (Å²) in [5.41, 5.74) is 3.45. The Hall–Kier alpha value is -1.63. The van der Waals surface area contributed by atoms with Crippen LogP contribution in [0.15, 0.2) is 54.9 Å². The number of rotatable bonds is 4. The summed E-state index contributed by atoms with van der Waals surface area (Å²) in [6.07, 6.45) is 5.44. The van der Waals surface area contributed by atoms with E-state index in [9.17, 15) is 0 Å². The van der Waals surface area contributed by atoms with Crippen LogP contribution < -0.4 is 4.57 Å². The third-order valence-corrected chi connectivity index (χ3v) is 4.39. The molecule has 2 aromatic rings. The molecule has 0 aliphatic heterocycles. The molecule has 0 bridgehead atoms. The third-order valence-electron chi connectivity index (χ3n) is 4.39. The van der Waals surface area contributed by atoms with Crippen molar-refractivity contribution >= 4 is 0 Å². The van der Waals surface area contributed by atoms with Crippen LogP contribution in [-0.4, -0.2) is 0 Å². The van der Waals surface area contributed by atoms with Gasteiger partial charge in [-0.15, -0.1) is 0 Å². The predicted molar refractivity (Wildman–Crippen MR) is 98.4 cm³/mol. The van der Waals surface area contributed by atoms with Gasteiger partial charge >= 0.3 is 0 Å². The van der Waals surface area contributed by atoms with E-state index in [-0.39, 0.29) is 5.41 Å². The number of nitrogens with zero attached hydrogens (tertiary/aromatic N) is 1. The molecule has 1 aromatic heterocycles. The lowest BCUT2D eigenvalue weighted by atomic mass is 9.69. The molecule has 0 amide bonds. The zero-order valence-electron chi connectivity index (χ0n) is 15.6. The van der Waals surface area contributed by atoms with Gasteiger partial charge in [0.2, 0.25) is 0 Å². The van der Waals surface area contributed by atoms with Crippen molar-refractivity contribution in [1.29, 1.82) is 0 Å². The highest BCUT2D eigenvalue weighted by molar-refractivity contribution is 5.26. The molecule has 0 radical (unpaired) electrons. The van der Waals surface area contributed by atoms with Gasteiger partial charge < -0.3 is 0 Å². The summed E-state index contributed by atoms with van der Waals surface area (Å²) < 4.78 is 2.21. The molecule has 0 N–H and O–H groups in total. The zero-order valence-corrected chi connectivity index (χ0v) is 15.6. The normalized spacial score (nSPS) is 13.8. The molecule has 1 aromatic carbocycles. The van der Waals surface area contributed by atoms with Gasteiger partial charge in [0.05, 0.1) is 0 Å². The molecule has 0 fully saturated rings. The monoisotopic (exact) mass is 310 g/mol. The van der Waals surface area contributed by atoms with Gasteiger partial charge in [0.1, 0.15) is 0 Å². The van der Waals surface area contributed by atoms with Gasteiger partial charge in [0, 0.05) is 17.7 Å². The van der Waals surface area contributed by atoms with Crippen molar-refractivity contribution in [2.24, 2.45) is 10.8 Å². The highest BCUT2D eigenvalue weighted by atomic mass is 14.9. The minimum absolute atomic E-state index is 0.281. The van der Waals surface area contributed by atoms with Crippen molar-refractivity contribution in [2.45, 2.75) is 60.4 Å². The zero-order chi connectivity index (χ0) is 17.1. The average molecular weight is 311 g/mol. The Morgan fingerprint density at radius 1 is 0.826 bits per heavy atom. The van der Waals surface area contributed by atoms with E-state index in [1.54, 1.807) is 0 Å². The molecule has 2 rings (SSSR count). The van der Waals surface area contributed by atoms with E-state index in [1.807, 2.05) is 0 Å². The Kier molecular flexibility index (Phi) is 5.29. The van der Waals surface area contributed by atoms with E-state index < -0.39 is 0 Å². The third kappa shape index (κ3) is 5.49. The summed E-state index contributed by atoms with van der Waals surface area (Å²) in [4.78, 5) is 0. The summed E-state index contributed by atoms with van der Waals surface area (Å²) in [5.74, 6) is 0.584. The molecule has 23 heavy (non-hydrogen) atoms. The smallest absolute Gasteiger partial charge is 0.173 e. The number of benzene rings is 1. The summed E-state index contributed by atoms with van der Waals surface area (Å²) in [5, 5.41) is 0. The van der Waals surface area contributed by atoms with E-state index in [4.69, 9.17) is 0 Å². The fraction of sp³-hybridized carbons (Fsp3) is 0.500. The molecule has 0 saturated heterocycles. The molecule has 0 spiro atoms. The van der Waals surface area contributed by atoms with E-state index >= 15 is 0 Å². The first-order chi connectivity index (χ1) is 10.6. The largest absolute Gasteiger partial charge is 0.201 e. The molecule has 1 nitrogen and oxygen atoms in total. The highest BCUT2D eigenvalue weighted by Gasteiger charge is 2.30. The van der Waals surface area contributed by atoms with E-state index in [2.05, 4.69) is 101 Å². The van der Waals surface area contributed by atoms with Crippen molar-refractivity contribution < 1.29 is 4.57 Å². The first-order valence-corrected chi connectivity index (χ1v) is 8.68. The Labute approximate surface area is 142 Å². The van der Waals surface area contributed by atoms with Crippen LogP contribution in [0.2, 0.25) is 0 Å². The van der Waals surface area contributed by atoms with Crippen LogP contribution in [0.1, 0.15) is 65.0 Å². The first-order valence-electron chi connectivity index (χ1n) is 8.68. The quantitative estimate of drug-likeness (QED) is 0.648. The van der Waals surface area contributed by atoms with E-state index in [1.165, 1.54) is 17.5 Å². The minimum atomic E-state index is 0.281. The molecular formula is C22H32N+. The number of pyridine rings is 1. The molecule has 1 unspecified atom stereocenters. The Balaban J connectivity index is 2.18. The fourth-order valence-corrected chi connectivity index (χ4v) is 3.14. The topological polar surface area (TPSA) is 3.88 Å². The second-order valence-electron chi connectivity index (χ2n) is 8.97. The van der Waals surface area contributed by atoms with Gasteiger partial charge in [-0.3, -0.25) is 0 Å². The molecular weight excluding hydrogens is 278 g/mol. The van der Waals surface area contributed by atoms with Crippen LogP contribution in [0.5, 0.6) is 0 Å². The maximum absolute atomic E-state index is 2.36. The van der Waals surface area contributed by atoms with Crippen molar-refractivity contribution in [1.82, 2.24) is 0 Å². The highest BCUT2D eigenvalue weighted by Crippen LogP contribution is 2.42. The summed E-state index contributed by atoms with van der Waals surface area (Å²) in [6, 6.07) is 15.5. The van der Waals surface area contributed by atoms with Gasteiger partial charge in [-0.05, 0) is 28.7 Å². The number of aromatic nitrogens is 1. The van der Waals surface area contributed by atoms with Crippen molar-refractivity contribution in [3.63, 3.8) is 0 Å². The van der Waals surface area contributed by atoms with Crippen LogP contribution in [0, 0.1) is 10.8 Å². The lowest BCUT2D eigenvalue weighted by Crippen LogP contribution is -2.32. The molecule has 1 heterocycles. The molecule has 0 aliphatic rings. The summed E-state index contributed by atoms with van der Waals surface area (Å²) >= 11 is 0. The number of hydrogen-bond acceptors (Lipinski definition) is 0. The summed E-state index contributed by atoms with van der Waals surface area (Å²) in [7, 11) is 0. The maximum Gasteiger partial charge on any atom is 0.173 e. The minimum Gasteiger partial charge on any atom is -0.201 e. The standard InChI is InChI=1S/C22H32N/c1-21(2,3)16-20(22(4,5)6)19-12-10-18(11-13-19)17-23-14-8-7-9-15-23/h7-15,20H,16-17H2,1-6H3/q+1. The van der Waals surface area contributed by atoms with Crippen molar-refractivity contribution in [2.75, 3.05) is 0 Å². The van der Waals surface area contributed by atoms with E-state index in [0.29, 0.717) is 11.3 Å². The van der Waals surface area contributed by atoms with Gasteiger partial charge in [0.15, 0.2) is 18.9 Å². The first kappa shape index (κ1) is 17.7. The van der Waals surface area contributed by atoms with Crippen LogP contribution in [-0.2, 0) is 6.54 Å². The van der Waals surface area contributed by atoms with Crippen LogP contribution >= 0.6 is 0 Å².